The molecule has 1 aromatic carbocycles. The molecule has 148 valence electrons. The lowest BCUT2D eigenvalue weighted by Gasteiger charge is -2.15. The summed E-state index contributed by atoms with van der Waals surface area (Å²) in [6.45, 7) is 3.04. The zero-order valence-electron chi connectivity index (χ0n) is 16.0. The summed E-state index contributed by atoms with van der Waals surface area (Å²) in [7, 11) is 0. The van der Waals surface area contributed by atoms with Crippen molar-refractivity contribution in [3.05, 3.63) is 56.6 Å². The van der Waals surface area contributed by atoms with Crippen LogP contribution in [0.5, 0.6) is 11.6 Å². The number of ether oxygens (including phenoxy) is 1. The SMILES string of the molecule is CCOc1ccc(N=Cc2c(O)n(CCC3=CCCCC3)c(=S)[nH]c2=O)cc1. The zero-order chi connectivity index (χ0) is 19.9. The van der Waals surface area contributed by atoms with Crippen molar-refractivity contribution < 1.29 is 9.84 Å². The minimum Gasteiger partial charge on any atom is -0.494 e. The second-order valence-electron chi connectivity index (χ2n) is 6.69. The molecular formula is C21H25N3O3S. The highest BCUT2D eigenvalue weighted by Crippen LogP contribution is 2.23. The molecule has 0 fully saturated rings. The number of hydrogen-bond acceptors (Lipinski definition) is 5. The Morgan fingerprint density at radius 3 is 2.79 bits per heavy atom. The molecule has 1 aromatic heterocycles. The fourth-order valence-corrected chi connectivity index (χ4v) is 3.49. The first-order chi connectivity index (χ1) is 13.6. The molecule has 7 heteroatoms. The molecule has 0 bridgehead atoms. The Morgan fingerprint density at radius 1 is 1.32 bits per heavy atom. The number of aromatic amines is 1. The quantitative estimate of drug-likeness (QED) is 0.403. The van der Waals surface area contributed by atoms with Gasteiger partial charge in [-0.25, -0.2) is 0 Å². The normalized spacial score (nSPS) is 14.2. The summed E-state index contributed by atoms with van der Waals surface area (Å²) in [5.74, 6) is 0.604. The number of aliphatic imine (C=N–C) groups is 1. The maximum atomic E-state index is 12.3. The molecule has 1 aliphatic rings. The average molecular weight is 400 g/mol. The standard InChI is InChI=1S/C21H25N3O3S/c1-2-27-17-10-8-16(9-11-17)22-14-18-19(25)23-21(28)24(20(18)26)13-12-15-6-4-3-5-7-15/h6,8-11,14,26H,2-5,7,12-13H2,1H3,(H,23,25,28). The molecule has 0 saturated heterocycles. The van der Waals surface area contributed by atoms with Crippen LogP contribution in [0.4, 0.5) is 5.69 Å². The lowest BCUT2D eigenvalue weighted by Crippen LogP contribution is -2.19. The Hall–Kier alpha value is -2.67. The predicted molar refractivity (Wildman–Crippen MR) is 114 cm³/mol. The van der Waals surface area contributed by atoms with E-state index < -0.39 is 5.56 Å². The van der Waals surface area contributed by atoms with Gasteiger partial charge in [-0.05, 0) is 75.5 Å². The van der Waals surface area contributed by atoms with Gasteiger partial charge in [0, 0.05) is 12.8 Å². The van der Waals surface area contributed by atoms with Crippen molar-refractivity contribution in [2.45, 2.75) is 45.6 Å². The average Bonchev–Trinajstić information content (AvgIpc) is 2.70. The van der Waals surface area contributed by atoms with E-state index in [1.54, 1.807) is 16.7 Å². The van der Waals surface area contributed by atoms with Crippen LogP contribution in [-0.2, 0) is 6.54 Å². The third-order valence-corrected chi connectivity index (χ3v) is 5.06. The monoisotopic (exact) mass is 399 g/mol. The van der Waals surface area contributed by atoms with E-state index in [2.05, 4.69) is 16.1 Å². The highest BCUT2D eigenvalue weighted by atomic mass is 32.1. The molecule has 2 aromatic rings. The number of nitrogens with one attached hydrogen (secondary N) is 1. The van der Waals surface area contributed by atoms with Gasteiger partial charge in [0.05, 0.1) is 12.3 Å². The zero-order valence-corrected chi connectivity index (χ0v) is 16.8. The molecule has 0 spiro atoms. The molecule has 2 N–H and O–H groups in total. The first kappa shape index (κ1) is 20.1. The van der Waals surface area contributed by atoms with Crippen LogP contribution in [-0.4, -0.2) is 27.5 Å². The van der Waals surface area contributed by atoms with Crippen molar-refractivity contribution in [2.75, 3.05) is 6.61 Å². The molecular weight excluding hydrogens is 374 g/mol. The smallest absolute Gasteiger partial charge is 0.264 e. The van der Waals surface area contributed by atoms with Gasteiger partial charge in [-0.3, -0.25) is 19.3 Å². The molecule has 6 nitrogen and oxygen atoms in total. The molecule has 1 heterocycles. The van der Waals surface area contributed by atoms with Gasteiger partial charge in [-0.2, -0.15) is 0 Å². The lowest BCUT2D eigenvalue weighted by molar-refractivity contribution is 0.340. The van der Waals surface area contributed by atoms with Gasteiger partial charge in [-0.1, -0.05) is 11.6 Å². The van der Waals surface area contributed by atoms with Crippen LogP contribution in [0.25, 0.3) is 0 Å². The van der Waals surface area contributed by atoms with Crippen molar-refractivity contribution in [1.82, 2.24) is 9.55 Å². The minimum absolute atomic E-state index is 0.0973. The highest BCUT2D eigenvalue weighted by Gasteiger charge is 2.12. The minimum atomic E-state index is -0.453. The molecule has 0 unspecified atom stereocenters. The highest BCUT2D eigenvalue weighted by molar-refractivity contribution is 7.71. The van der Waals surface area contributed by atoms with Crippen LogP contribution >= 0.6 is 12.2 Å². The van der Waals surface area contributed by atoms with E-state index in [-0.39, 0.29) is 16.2 Å². The van der Waals surface area contributed by atoms with Crippen LogP contribution in [0, 0.1) is 4.77 Å². The van der Waals surface area contributed by atoms with E-state index in [0.717, 1.165) is 25.0 Å². The molecule has 0 amide bonds. The Balaban J connectivity index is 1.81. The Kier molecular flexibility index (Phi) is 6.81. The predicted octanol–water partition coefficient (Wildman–Crippen LogP) is 4.65. The van der Waals surface area contributed by atoms with Gasteiger partial charge in [-0.15, -0.1) is 0 Å². The van der Waals surface area contributed by atoms with Gasteiger partial charge in [0.1, 0.15) is 11.3 Å². The van der Waals surface area contributed by atoms with Gasteiger partial charge in [0.15, 0.2) is 4.77 Å². The summed E-state index contributed by atoms with van der Waals surface area (Å²) < 4.78 is 7.18. The fourth-order valence-electron chi connectivity index (χ4n) is 3.22. The lowest BCUT2D eigenvalue weighted by atomic mass is 9.97. The van der Waals surface area contributed by atoms with Crippen molar-refractivity contribution in [2.24, 2.45) is 4.99 Å². The molecule has 0 atom stereocenters. The van der Waals surface area contributed by atoms with E-state index in [9.17, 15) is 9.90 Å². The number of rotatable bonds is 7. The van der Waals surface area contributed by atoms with Crippen molar-refractivity contribution in [3.8, 4) is 11.6 Å². The maximum absolute atomic E-state index is 12.3. The van der Waals surface area contributed by atoms with Crippen LogP contribution in [0.2, 0.25) is 0 Å². The largest absolute Gasteiger partial charge is 0.494 e. The molecule has 0 saturated carbocycles. The first-order valence-corrected chi connectivity index (χ1v) is 10.00. The third-order valence-electron chi connectivity index (χ3n) is 4.74. The number of benzene rings is 1. The summed E-state index contributed by atoms with van der Waals surface area (Å²) in [5, 5.41) is 10.6. The summed E-state index contributed by atoms with van der Waals surface area (Å²) >= 11 is 5.24. The third kappa shape index (κ3) is 4.98. The van der Waals surface area contributed by atoms with Crippen LogP contribution < -0.4 is 10.3 Å². The maximum Gasteiger partial charge on any atom is 0.264 e. The van der Waals surface area contributed by atoms with Crippen LogP contribution in [0.1, 0.15) is 44.6 Å². The Bertz CT molecular complexity index is 987. The Labute approximate surface area is 169 Å². The van der Waals surface area contributed by atoms with Gasteiger partial charge in [0.2, 0.25) is 5.88 Å². The van der Waals surface area contributed by atoms with E-state index in [4.69, 9.17) is 17.0 Å². The molecule has 28 heavy (non-hydrogen) atoms. The first-order valence-electron chi connectivity index (χ1n) is 9.59. The number of nitrogens with zero attached hydrogens (tertiary/aromatic N) is 2. The number of allylic oxidation sites excluding steroid dienone is 2. The summed E-state index contributed by atoms with van der Waals surface area (Å²) in [6, 6.07) is 7.20. The van der Waals surface area contributed by atoms with Crippen LogP contribution in [0.15, 0.2) is 45.7 Å². The van der Waals surface area contributed by atoms with Crippen molar-refractivity contribution in [3.63, 3.8) is 0 Å². The van der Waals surface area contributed by atoms with E-state index in [1.807, 2.05) is 19.1 Å². The van der Waals surface area contributed by atoms with Gasteiger partial charge >= 0.3 is 0 Å². The molecule has 0 radical (unpaired) electrons. The van der Waals surface area contributed by atoms with E-state index >= 15 is 0 Å². The molecule has 1 aliphatic carbocycles. The summed E-state index contributed by atoms with van der Waals surface area (Å²) in [6.07, 6.45) is 9.08. The van der Waals surface area contributed by atoms with Crippen LogP contribution in [0.3, 0.4) is 0 Å². The number of aromatic nitrogens is 2. The van der Waals surface area contributed by atoms with Gasteiger partial charge < -0.3 is 9.84 Å². The van der Waals surface area contributed by atoms with E-state index in [0.29, 0.717) is 18.8 Å². The Morgan fingerprint density at radius 2 is 2.11 bits per heavy atom. The number of hydrogen-bond donors (Lipinski definition) is 2. The summed E-state index contributed by atoms with van der Waals surface area (Å²) in [5.41, 5.74) is 1.68. The summed E-state index contributed by atoms with van der Waals surface area (Å²) in [4.78, 5) is 19.2. The number of H-pyrrole nitrogens is 1. The topological polar surface area (TPSA) is 79.6 Å². The number of aromatic hydroxyl groups is 1. The van der Waals surface area contributed by atoms with E-state index in [1.165, 1.54) is 24.6 Å². The molecule has 0 aliphatic heterocycles. The van der Waals surface area contributed by atoms with Crippen molar-refractivity contribution >= 4 is 24.1 Å². The van der Waals surface area contributed by atoms with Crippen molar-refractivity contribution in [1.29, 1.82) is 0 Å². The van der Waals surface area contributed by atoms with Gasteiger partial charge in [0.25, 0.3) is 5.56 Å². The second kappa shape index (κ2) is 9.50. The second-order valence-corrected chi connectivity index (χ2v) is 7.08. The fraction of sp³-hybridized carbons (Fsp3) is 0.381. The molecule has 3 rings (SSSR count).